The number of anilines is 1. The zero-order valence-corrected chi connectivity index (χ0v) is 21.3. The predicted octanol–water partition coefficient (Wildman–Crippen LogP) is 4.59. The molecule has 0 aliphatic heterocycles. The van der Waals surface area contributed by atoms with Crippen LogP contribution in [0.2, 0.25) is 10.0 Å². The second-order valence-corrected chi connectivity index (χ2v) is 8.20. The summed E-state index contributed by atoms with van der Waals surface area (Å²) in [4.78, 5) is 27.1. The van der Waals surface area contributed by atoms with Crippen LogP contribution in [-0.2, 0) is 6.54 Å². The number of nitrogens with zero attached hydrogens (tertiary/aromatic N) is 4. The van der Waals surface area contributed by atoms with E-state index in [-0.39, 0.29) is 33.6 Å². The monoisotopic (exact) mass is 571 g/mol. The number of ether oxygens (including phenoxy) is 2. The van der Waals surface area contributed by atoms with Gasteiger partial charge in [-0.2, -0.15) is 13.2 Å². The summed E-state index contributed by atoms with van der Waals surface area (Å²) >= 11 is 12.9. The van der Waals surface area contributed by atoms with Crippen LogP contribution in [0.3, 0.4) is 0 Å². The van der Waals surface area contributed by atoms with Crippen molar-refractivity contribution in [1.29, 1.82) is 0 Å². The van der Waals surface area contributed by atoms with Crippen LogP contribution in [0.15, 0.2) is 36.8 Å². The lowest BCUT2D eigenvalue weighted by Crippen LogP contribution is -2.28. The van der Waals surface area contributed by atoms with Gasteiger partial charge in [-0.25, -0.2) is 4.79 Å². The summed E-state index contributed by atoms with van der Waals surface area (Å²) in [5.74, 6) is -0.282. The van der Waals surface area contributed by atoms with Gasteiger partial charge >= 0.3 is 12.1 Å². The van der Waals surface area contributed by atoms with Gasteiger partial charge in [0.05, 0.1) is 41.9 Å². The molecule has 0 radical (unpaired) electrons. The molecule has 0 unspecified atom stereocenters. The van der Waals surface area contributed by atoms with Gasteiger partial charge in [0.1, 0.15) is 17.0 Å². The molecule has 2 heterocycles. The van der Waals surface area contributed by atoms with E-state index in [1.807, 2.05) is 0 Å². The summed E-state index contributed by atoms with van der Waals surface area (Å²) in [5, 5.41) is 12.1. The summed E-state index contributed by atoms with van der Waals surface area (Å²) in [6, 6.07) is 4.60. The van der Waals surface area contributed by atoms with Crippen LogP contribution in [0.1, 0.15) is 16.1 Å². The van der Waals surface area contributed by atoms with Crippen LogP contribution >= 0.6 is 23.2 Å². The van der Waals surface area contributed by atoms with Gasteiger partial charge in [-0.3, -0.25) is 9.97 Å². The lowest BCUT2D eigenvalue weighted by atomic mass is 10.00. The molecule has 0 fully saturated rings. The molecule has 2 aromatic carbocycles. The zero-order chi connectivity index (χ0) is 28.0. The number of hydrogen-bond donors (Lipinski definition) is 3. The summed E-state index contributed by atoms with van der Waals surface area (Å²) < 4.78 is 45.5. The highest BCUT2D eigenvalue weighted by atomic mass is 35.5. The van der Waals surface area contributed by atoms with Gasteiger partial charge in [-0.05, 0) is 18.0 Å². The van der Waals surface area contributed by atoms with Gasteiger partial charge in [0.15, 0.2) is 0 Å². The van der Waals surface area contributed by atoms with Gasteiger partial charge in [0.25, 0.3) is 0 Å². The predicted molar refractivity (Wildman–Crippen MR) is 135 cm³/mol. The molecule has 38 heavy (non-hydrogen) atoms. The first kappa shape index (κ1) is 28.8. The molecule has 0 aliphatic rings. The SMILES string of the molecule is COc1cc(OC)c(Cl)c(-c2ccc(C(=O)O)c3nccnc23)c1Cl.Nc1nc(CNCC(F)(F)F)c[n-]1. The number of nitrogen functional groups attached to an aromatic ring is 1. The van der Waals surface area contributed by atoms with Crippen LogP contribution in [0.25, 0.3) is 22.2 Å². The summed E-state index contributed by atoms with van der Waals surface area (Å²) in [6.07, 6.45) is 0.0227. The maximum atomic E-state index is 11.6. The van der Waals surface area contributed by atoms with E-state index in [1.165, 1.54) is 38.9 Å². The largest absolute Gasteiger partial charge is 0.495 e. The number of fused-ring (bicyclic) bond motifs is 1. The quantitative estimate of drug-likeness (QED) is 0.287. The van der Waals surface area contributed by atoms with Crippen molar-refractivity contribution < 1.29 is 32.5 Å². The second kappa shape index (κ2) is 12.2. The number of halogens is 5. The Morgan fingerprint density at radius 2 is 1.71 bits per heavy atom. The van der Waals surface area contributed by atoms with E-state index >= 15 is 0 Å². The molecule has 0 spiro atoms. The molecule has 10 nitrogen and oxygen atoms in total. The third-order valence-electron chi connectivity index (χ3n) is 4.93. The van der Waals surface area contributed by atoms with E-state index in [0.29, 0.717) is 33.8 Å². The number of nitrogens with one attached hydrogen (secondary N) is 1. The van der Waals surface area contributed by atoms with Gasteiger partial charge in [0.2, 0.25) is 0 Å². The molecule has 0 saturated carbocycles. The fourth-order valence-electron chi connectivity index (χ4n) is 3.32. The van der Waals surface area contributed by atoms with Gasteiger partial charge in [0, 0.05) is 42.1 Å². The van der Waals surface area contributed by atoms with Crippen molar-refractivity contribution >= 4 is 46.2 Å². The van der Waals surface area contributed by atoms with Crippen molar-refractivity contribution in [2.24, 2.45) is 0 Å². The molecule has 202 valence electrons. The van der Waals surface area contributed by atoms with E-state index in [4.69, 9.17) is 38.4 Å². The van der Waals surface area contributed by atoms with Crippen molar-refractivity contribution in [2.75, 3.05) is 26.5 Å². The van der Waals surface area contributed by atoms with Crippen molar-refractivity contribution in [3.8, 4) is 22.6 Å². The molecule has 4 aromatic rings. The van der Waals surface area contributed by atoms with Crippen LogP contribution in [0.5, 0.6) is 11.5 Å². The van der Waals surface area contributed by atoms with Crippen molar-refractivity contribution in [3.63, 3.8) is 0 Å². The van der Waals surface area contributed by atoms with E-state index in [0.717, 1.165) is 0 Å². The smallest absolute Gasteiger partial charge is 0.401 e. The van der Waals surface area contributed by atoms with Gasteiger partial charge in [-0.15, -0.1) is 0 Å². The average Bonchev–Trinajstić information content (AvgIpc) is 3.28. The maximum absolute atomic E-state index is 11.6. The molecular weight excluding hydrogens is 552 g/mol. The highest BCUT2D eigenvalue weighted by Gasteiger charge is 2.26. The number of benzene rings is 2. The fraction of sp³-hybridized carbons (Fsp3) is 0.217. The topological polar surface area (TPSA) is 147 Å². The van der Waals surface area contributed by atoms with E-state index in [1.54, 1.807) is 12.1 Å². The Balaban J connectivity index is 0.000000260. The molecule has 0 saturated heterocycles. The number of imidazole rings is 1. The minimum atomic E-state index is -4.20. The second-order valence-electron chi connectivity index (χ2n) is 7.44. The zero-order valence-electron chi connectivity index (χ0n) is 19.8. The summed E-state index contributed by atoms with van der Waals surface area (Å²) in [7, 11) is 2.95. The van der Waals surface area contributed by atoms with Crippen molar-refractivity contribution in [2.45, 2.75) is 12.7 Å². The first-order chi connectivity index (χ1) is 18.0. The number of aromatic nitrogens is 4. The Morgan fingerprint density at radius 1 is 1.11 bits per heavy atom. The van der Waals surface area contributed by atoms with Crippen LogP contribution in [-0.4, -0.2) is 53.0 Å². The number of hydrogen-bond acceptors (Lipinski definition) is 8. The molecule has 0 aliphatic carbocycles. The van der Waals surface area contributed by atoms with Crippen LogP contribution < -0.4 is 25.5 Å². The number of carboxylic acids is 1. The summed E-state index contributed by atoms with van der Waals surface area (Å²) in [5.41, 5.74) is 7.16. The number of nitrogens with two attached hydrogens (primary N) is 1. The molecule has 15 heteroatoms. The first-order valence-corrected chi connectivity index (χ1v) is 11.3. The third-order valence-corrected chi connectivity index (χ3v) is 5.68. The Hall–Kier alpha value is -3.81. The molecule has 2 aromatic heterocycles. The maximum Gasteiger partial charge on any atom is 0.401 e. The number of carboxylic acid groups (broad SMARTS) is 1. The third kappa shape index (κ3) is 6.73. The Labute approximate surface area is 223 Å². The Kier molecular flexibility index (Phi) is 9.20. The van der Waals surface area contributed by atoms with Crippen LogP contribution in [0.4, 0.5) is 19.1 Å². The molecule has 0 bridgehead atoms. The van der Waals surface area contributed by atoms with Gasteiger partial charge < -0.3 is 35.6 Å². The molecule has 0 amide bonds. The minimum absolute atomic E-state index is 0.0176. The van der Waals surface area contributed by atoms with E-state index in [2.05, 4.69) is 25.3 Å². The highest BCUT2D eigenvalue weighted by Crippen LogP contribution is 2.47. The molecule has 0 atom stereocenters. The lowest BCUT2D eigenvalue weighted by molar-refractivity contribution is -0.125. The number of rotatable bonds is 7. The Bertz CT molecular complexity index is 1420. The number of methoxy groups -OCH3 is 2. The van der Waals surface area contributed by atoms with Gasteiger partial charge in [-0.1, -0.05) is 29.3 Å². The number of aromatic carboxylic acids is 1. The standard InChI is InChI=1S/C17H12Cl2N2O4.C6H8F3N4/c1-24-10-7-11(25-2)14(19)12(13(10)18)8-3-4-9(17(22)23)16-15(8)20-5-6-21-16;7-6(8,9)3-11-1-4-2-12-5(10)13-4/h3-7H,1-2H3,(H,22,23);2,11H,1,3H2,(H2-,10,12,13)/q;-1. The van der Waals surface area contributed by atoms with Crippen molar-refractivity contribution in [3.05, 3.63) is 58.1 Å². The Morgan fingerprint density at radius 3 is 2.21 bits per heavy atom. The first-order valence-electron chi connectivity index (χ1n) is 10.6. The lowest BCUT2D eigenvalue weighted by Gasteiger charge is -2.16. The van der Waals surface area contributed by atoms with Crippen molar-refractivity contribution in [1.82, 2.24) is 25.3 Å². The number of carbonyl (C=O) groups is 1. The van der Waals surface area contributed by atoms with E-state index < -0.39 is 18.7 Å². The minimum Gasteiger partial charge on any atom is -0.495 e. The summed E-state index contributed by atoms with van der Waals surface area (Å²) in [6.45, 7) is -1.02. The van der Waals surface area contributed by atoms with Crippen LogP contribution in [0, 0.1) is 0 Å². The molecule has 4 N–H and O–H groups in total. The molecular formula is C23H20Cl2F3N6O4-. The highest BCUT2D eigenvalue weighted by molar-refractivity contribution is 6.41. The average molecular weight is 572 g/mol. The molecule has 4 rings (SSSR count). The number of alkyl halides is 3. The normalized spacial score (nSPS) is 11.1. The fourth-order valence-corrected chi connectivity index (χ4v) is 4.02. The van der Waals surface area contributed by atoms with E-state index in [9.17, 15) is 23.1 Å².